The second-order valence-corrected chi connectivity index (χ2v) is 6.80. The number of methoxy groups -OCH3 is 1. The molecule has 148 valence electrons. The number of ether oxygens (including phenoxy) is 1. The molecule has 0 atom stereocenters. The van der Waals surface area contributed by atoms with Gasteiger partial charge >= 0.3 is 0 Å². The van der Waals surface area contributed by atoms with Gasteiger partial charge in [0.1, 0.15) is 11.5 Å². The fourth-order valence-corrected chi connectivity index (χ4v) is 3.41. The Hall–Kier alpha value is -3.65. The van der Waals surface area contributed by atoms with Gasteiger partial charge in [-0.3, -0.25) is 9.79 Å². The predicted molar refractivity (Wildman–Crippen MR) is 115 cm³/mol. The fraction of sp³-hybridized carbons (Fsp3) is 0.0952. The highest BCUT2D eigenvalue weighted by Gasteiger charge is 2.13. The molecule has 8 heteroatoms. The molecule has 1 amide bonds. The van der Waals surface area contributed by atoms with Crippen molar-refractivity contribution in [3.63, 3.8) is 0 Å². The molecule has 29 heavy (non-hydrogen) atoms. The highest BCUT2D eigenvalue weighted by Crippen LogP contribution is 2.26. The average Bonchev–Trinajstić information content (AvgIpc) is 3.13. The Morgan fingerprint density at radius 3 is 2.72 bits per heavy atom. The van der Waals surface area contributed by atoms with Gasteiger partial charge in [0.05, 0.1) is 31.1 Å². The van der Waals surface area contributed by atoms with Crippen LogP contribution in [0, 0.1) is 0 Å². The maximum Gasteiger partial charge on any atom is 0.252 e. The number of nitrogens with zero attached hydrogens (tertiary/aromatic N) is 3. The molecule has 0 saturated heterocycles. The standard InChI is InChI=1S/C21H20N4O3S/c1-3-10-23-21-25(24-12-14-4-7-16(28-2)8-5-14)18(13-29-21)15-6-9-19(26)17(11-15)20(22)27/h3-9,11-13,26H,1,10H2,2H3,(H2,22,27)/b23-21?,24-12-. The van der Waals surface area contributed by atoms with E-state index in [1.165, 1.54) is 23.5 Å². The zero-order valence-electron chi connectivity index (χ0n) is 15.8. The summed E-state index contributed by atoms with van der Waals surface area (Å²) in [7, 11) is 1.61. The Bertz CT molecular complexity index is 1130. The summed E-state index contributed by atoms with van der Waals surface area (Å²) >= 11 is 1.41. The average molecular weight is 408 g/mol. The quantitative estimate of drug-likeness (QED) is 0.464. The number of aromatic hydroxyl groups is 1. The molecular formula is C21H20N4O3S. The highest BCUT2D eigenvalue weighted by atomic mass is 32.1. The van der Waals surface area contributed by atoms with Crippen LogP contribution in [0.5, 0.6) is 11.5 Å². The van der Waals surface area contributed by atoms with Crippen LogP contribution in [0.4, 0.5) is 0 Å². The van der Waals surface area contributed by atoms with Gasteiger partial charge in [-0.1, -0.05) is 6.08 Å². The Balaban J connectivity index is 2.08. The first-order valence-corrected chi connectivity index (χ1v) is 9.55. The molecule has 0 fully saturated rings. The van der Waals surface area contributed by atoms with Gasteiger partial charge in [-0.25, -0.2) is 4.68 Å². The van der Waals surface area contributed by atoms with E-state index in [1.807, 2.05) is 29.6 Å². The van der Waals surface area contributed by atoms with Crippen LogP contribution in [-0.2, 0) is 0 Å². The Morgan fingerprint density at radius 1 is 1.31 bits per heavy atom. The lowest BCUT2D eigenvalue weighted by molar-refractivity contribution is 0.0998. The van der Waals surface area contributed by atoms with E-state index in [0.717, 1.165) is 11.3 Å². The summed E-state index contributed by atoms with van der Waals surface area (Å²) in [5, 5.41) is 16.3. The van der Waals surface area contributed by atoms with Crippen molar-refractivity contribution in [1.29, 1.82) is 0 Å². The summed E-state index contributed by atoms with van der Waals surface area (Å²) in [5.74, 6) is -0.110. The second-order valence-electron chi connectivity index (χ2n) is 5.96. The Kier molecular flexibility index (Phi) is 6.25. The summed E-state index contributed by atoms with van der Waals surface area (Å²) in [5.41, 5.74) is 7.68. The van der Waals surface area contributed by atoms with Gasteiger partial charge in [0.15, 0.2) is 0 Å². The Morgan fingerprint density at radius 2 is 2.07 bits per heavy atom. The lowest BCUT2D eigenvalue weighted by atomic mass is 10.1. The number of hydrogen-bond donors (Lipinski definition) is 2. The number of nitrogens with two attached hydrogens (primary N) is 1. The monoisotopic (exact) mass is 408 g/mol. The maximum absolute atomic E-state index is 11.6. The maximum atomic E-state index is 11.6. The van der Waals surface area contributed by atoms with Crippen LogP contribution in [0.15, 0.2) is 70.6 Å². The van der Waals surface area contributed by atoms with Gasteiger partial charge in [0.2, 0.25) is 4.80 Å². The van der Waals surface area contributed by atoms with E-state index in [9.17, 15) is 9.90 Å². The molecule has 7 nitrogen and oxygen atoms in total. The molecule has 3 N–H and O–H groups in total. The smallest absolute Gasteiger partial charge is 0.252 e. The van der Waals surface area contributed by atoms with Crippen LogP contribution in [0.3, 0.4) is 0 Å². The third-order valence-corrected chi connectivity index (χ3v) is 4.89. The summed E-state index contributed by atoms with van der Waals surface area (Å²) in [4.78, 5) is 16.7. The second kappa shape index (κ2) is 9.03. The lowest BCUT2D eigenvalue weighted by Crippen LogP contribution is -2.13. The first kappa shape index (κ1) is 20.1. The fourth-order valence-electron chi connectivity index (χ4n) is 2.57. The largest absolute Gasteiger partial charge is 0.507 e. The van der Waals surface area contributed by atoms with Gasteiger partial charge in [0.25, 0.3) is 5.91 Å². The van der Waals surface area contributed by atoms with Crippen molar-refractivity contribution in [3.8, 4) is 22.8 Å². The van der Waals surface area contributed by atoms with Crippen LogP contribution in [0.1, 0.15) is 15.9 Å². The van der Waals surface area contributed by atoms with Gasteiger partial charge in [-0.2, -0.15) is 5.10 Å². The van der Waals surface area contributed by atoms with E-state index < -0.39 is 5.91 Å². The number of hydrogen-bond acceptors (Lipinski definition) is 6. The molecule has 0 aliphatic heterocycles. The van der Waals surface area contributed by atoms with E-state index in [4.69, 9.17) is 10.5 Å². The van der Waals surface area contributed by atoms with E-state index in [2.05, 4.69) is 16.7 Å². The van der Waals surface area contributed by atoms with Crippen molar-refractivity contribution in [2.45, 2.75) is 0 Å². The third-order valence-electron chi connectivity index (χ3n) is 4.04. The number of thiazole rings is 1. The summed E-state index contributed by atoms with van der Waals surface area (Å²) in [6.45, 7) is 4.14. The molecule has 2 aromatic carbocycles. The van der Waals surface area contributed by atoms with Gasteiger partial charge in [-0.15, -0.1) is 17.9 Å². The molecule has 0 bridgehead atoms. The highest BCUT2D eigenvalue weighted by molar-refractivity contribution is 7.07. The number of carbonyl (C=O) groups excluding carboxylic acids is 1. The summed E-state index contributed by atoms with van der Waals surface area (Å²) in [6.07, 6.45) is 3.40. The van der Waals surface area contributed by atoms with Crippen LogP contribution >= 0.6 is 11.3 Å². The molecule has 0 unspecified atom stereocenters. The SMILES string of the molecule is C=CCN=c1scc(-c2ccc(O)c(C(N)=O)c2)n1/N=C\c1ccc(OC)cc1. The van der Waals surface area contributed by atoms with Crippen LogP contribution in [-0.4, -0.2) is 35.6 Å². The zero-order valence-corrected chi connectivity index (χ0v) is 16.6. The topological polar surface area (TPSA) is 102 Å². The minimum Gasteiger partial charge on any atom is -0.507 e. The summed E-state index contributed by atoms with van der Waals surface area (Å²) in [6, 6.07) is 12.1. The number of phenols is 1. The van der Waals surface area contributed by atoms with Crippen LogP contribution in [0.2, 0.25) is 0 Å². The van der Waals surface area contributed by atoms with Crippen molar-refractivity contribution < 1.29 is 14.6 Å². The first-order valence-electron chi connectivity index (χ1n) is 8.67. The third kappa shape index (κ3) is 4.61. The number of aromatic nitrogens is 1. The minimum absolute atomic E-state index is 0.0453. The van der Waals surface area contributed by atoms with E-state index >= 15 is 0 Å². The van der Waals surface area contributed by atoms with Crippen molar-refractivity contribution in [3.05, 3.63) is 76.4 Å². The van der Waals surface area contributed by atoms with Crippen molar-refractivity contribution in [2.24, 2.45) is 15.8 Å². The van der Waals surface area contributed by atoms with E-state index in [-0.39, 0.29) is 11.3 Å². The minimum atomic E-state index is -0.704. The van der Waals surface area contributed by atoms with Crippen LogP contribution in [0.25, 0.3) is 11.3 Å². The number of amides is 1. The van der Waals surface area contributed by atoms with Gasteiger partial charge in [0, 0.05) is 10.9 Å². The first-order chi connectivity index (χ1) is 14.0. The lowest BCUT2D eigenvalue weighted by Gasteiger charge is -2.07. The molecule has 0 aliphatic rings. The number of benzene rings is 2. The van der Waals surface area contributed by atoms with Gasteiger partial charge < -0.3 is 15.6 Å². The van der Waals surface area contributed by atoms with Gasteiger partial charge in [-0.05, 0) is 48.0 Å². The molecule has 1 heterocycles. The molecule has 0 aliphatic carbocycles. The van der Waals surface area contributed by atoms with Crippen LogP contribution < -0.4 is 15.3 Å². The number of primary amides is 1. The number of carbonyl (C=O) groups is 1. The zero-order chi connectivity index (χ0) is 20.8. The number of rotatable bonds is 7. The molecule has 3 rings (SSSR count). The molecule has 0 saturated carbocycles. The predicted octanol–water partition coefficient (Wildman–Crippen LogP) is 3.00. The molecule has 1 aromatic heterocycles. The van der Waals surface area contributed by atoms with Crippen molar-refractivity contribution in [1.82, 2.24) is 4.68 Å². The van der Waals surface area contributed by atoms with E-state index in [0.29, 0.717) is 22.6 Å². The Labute approximate surface area is 171 Å². The normalized spacial score (nSPS) is 11.7. The molecule has 0 spiro atoms. The van der Waals surface area contributed by atoms with E-state index in [1.54, 1.807) is 30.1 Å². The molecular weight excluding hydrogens is 388 g/mol. The molecule has 0 radical (unpaired) electrons. The molecule has 3 aromatic rings. The van der Waals surface area contributed by atoms with Crippen molar-refractivity contribution in [2.75, 3.05) is 13.7 Å². The van der Waals surface area contributed by atoms with Crippen molar-refractivity contribution >= 4 is 23.5 Å². The summed E-state index contributed by atoms with van der Waals surface area (Å²) < 4.78 is 6.85.